The van der Waals surface area contributed by atoms with Gasteiger partial charge in [0.25, 0.3) is 0 Å². The Morgan fingerprint density at radius 1 is 1.55 bits per heavy atom. The first kappa shape index (κ1) is 7.13. The van der Waals surface area contributed by atoms with E-state index in [2.05, 4.69) is 20.9 Å². The van der Waals surface area contributed by atoms with Gasteiger partial charge in [0.1, 0.15) is 0 Å². The van der Waals surface area contributed by atoms with Crippen LogP contribution in [0.25, 0.3) is 11.0 Å². The van der Waals surface area contributed by atoms with Crippen LogP contribution in [0, 0.1) is 0 Å². The maximum Gasteiger partial charge on any atom is 0.208 e. The van der Waals surface area contributed by atoms with Gasteiger partial charge in [-0.15, -0.1) is 0 Å². The standard InChI is InChI=1S/C7H3BrClNO/c8-6-4-1-2-10-3-5(4)11-7(6)9/h1-3H. The number of halogens is 2. The smallest absolute Gasteiger partial charge is 0.208 e. The van der Waals surface area contributed by atoms with Crippen molar-refractivity contribution < 1.29 is 4.42 Å². The van der Waals surface area contributed by atoms with Crippen molar-refractivity contribution in [3.05, 3.63) is 28.2 Å². The highest BCUT2D eigenvalue weighted by atomic mass is 79.9. The molecule has 2 nitrogen and oxygen atoms in total. The zero-order chi connectivity index (χ0) is 7.84. The lowest BCUT2D eigenvalue weighted by Gasteiger charge is -1.82. The van der Waals surface area contributed by atoms with Gasteiger partial charge in [-0.05, 0) is 33.6 Å². The molecule has 2 rings (SSSR count). The SMILES string of the molecule is Clc1oc2cnccc2c1Br. The molecule has 0 bridgehead atoms. The molecule has 0 radical (unpaired) electrons. The van der Waals surface area contributed by atoms with Crippen molar-refractivity contribution >= 4 is 38.5 Å². The molecular formula is C7H3BrClNO. The van der Waals surface area contributed by atoms with E-state index in [0.717, 1.165) is 9.86 Å². The van der Waals surface area contributed by atoms with Crippen LogP contribution < -0.4 is 0 Å². The monoisotopic (exact) mass is 231 g/mol. The van der Waals surface area contributed by atoms with Crippen LogP contribution in [0.15, 0.2) is 27.3 Å². The second-order valence-corrected chi connectivity index (χ2v) is 3.20. The Morgan fingerprint density at radius 3 is 3.09 bits per heavy atom. The van der Waals surface area contributed by atoms with E-state index < -0.39 is 0 Å². The van der Waals surface area contributed by atoms with Crippen molar-refractivity contribution in [2.75, 3.05) is 0 Å². The summed E-state index contributed by atoms with van der Waals surface area (Å²) in [6, 6.07) is 1.84. The minimum absolute atomic E-state index is 0.369. The van der Waals surface area contributed by atoms with Gasteiger partial charge in [-0.3, -0.25) is 4.98 Å². The summed E-state index contributed by atoms with van der Waals surface area (Å²) in [5.74, 6) is 0. The van der Waals surface area contributed by atoms with Gasteiger partial charge in [-0.1, -0.05) is 0 Å². The highest BCUT2D eigenvalue weighted by molar-refractivity contribution is 9.10. The molecule has 0 aliphatic carbocycles. The van der Waals surface area contributed by atoms with Crippen molar-refractivity contribution in [1.29, 1.82) is 0 Å². The zero-order valence-corrected chi connectivity index (χ0v) is 7.69. The predicted molar refractivity (Wildman–Crippen MR) is 46.7 cm³/mol. The van der Waals surface area contributed by atoms with Gasteiger partial charge in [0.05, 0.1) is 10.7 Å². The average Bonchev–Trinajstić information content (AvgIpc) is 2.30. The van der Waals surface area contributed by atoms with E-state index in [4.69, 9.17) is 16.0 Å². The van der Waals surface area contributed by atoms with Crippen LogP contribution in [0.5, 0.6) is 0 Å². The van der Waals surface area contributed by atoms with Crippen molar-refractivity contribution in [2.45, 2.75) is 0 Å². The molecular weight excluding hydrogens is 229 g/mol. The van der Waals surface area contributed by atoms with Crippen molar-refractivity contribution in [3.63, 3.8) is 0 Å². The molecule has 2 aromatic heterocycles. The van der Waals surface area contributed by atoms with Gasteiger partial charge in [-0.2, -0.15) is 0 Å². The summed E-state index contributed by atoms with van der Waals surface area (Å²) in [4.78, 5) is 3.89. The van der Waals surface area contributed by atoms with E-state index in [0.29, 0.717) is 10.8 Å². The number of fused-ring (bicyclic) bond motifs is 1. The summed E-state index contributed by atoms with van der Waals surface area (Å²) in [5.41, 5.74) is 0.698. The third-order valence-electron chi connectivity index (χ3n) is 1.39. The Hall–Kier alpha value is -0.540. The number of pyridine rings is 1. The zero-order valence-electron chi connectivity index (χ0n) is 5.34. The summed E-state index contributed by atoms with van der Waals surface area (Å²) < 4.78 is 5.94. The van der Waals surface area contributed by atoms with Gasteiger partial charge in [0.15, 0.2) is 5.58 Å². The number of aromatic nitrogens is 1. The van der Waals surface area contributed by atoms with Crippen LogP contribution in [0.3, 0.4) is 0 Å². The minimum Gasteiger partial charge on any atom is -0.442 e. The molecule has 0 aliphatic rings. The number of hydrogen-bond donors (Lipinski definition) is 0. The van der Waals surface area contributed by atoms with Gasteiger partial charge in [0.2, 0.25) is 5.22 Å². The fourth-order valence-corrected chi connectivity index (χ4v) is 1.48. The fourth-order valence-electron chi connectivity index (χ4n) is 0.890. The molecule has 11 heavy (non-hydrogen) atoms. The predicted octanol–water partition coefficient (Wildman–Crippen LogP) is 3.24. The van der Waals surface area contributed by atoms with E-state index >= 15 is 0 Å². The molecule has 0 amide bonds. The molecule has 2 aromatic rings. The van der Waals surface area contributed by atoms with Crippen LogP contribution in [0.1, 0.15) is 0 Å². The maximum atomic E-state index is 5.71. The first-order chi connectivity index (χ1) is 5.29. The third-order valence-corrected chi connectivity index (χ3v) is 2.67. The Balaban J connectivity index is 2.92. The second kappa shape index (κ2) is 2.50. The van der Waals surface area contributed by atoms with Crippen LogP contribution in [0.4, 0.5) is 0 Å². The Morgan fingerprint density at radius 2 is 2.36 bits per heavy atom. The lowest BCUT2D eigenvalue weighted by Crippen LogP contribution is -1.66. The van der Waals surface area contributed by atoms with Gasteiger partial charge < -0.3 is 4.42 Å². The first-order valence-corrected chi connectivity index (χ1v) is 4.13. The Bertz CT molecular complexity index is 398. The Labute approximate surface area is 76.3 Å². The molecule has 2 heterocycles. The normalized spacial score (nSPS) is 10.7. The molecule has 0 saturated carbocycles. The summed E-state index contributed by atoms with van der Waals surface area (Å²) in [7, 11) is 0. The molecule has 0 N–H and O–H groups in total. The van der Waals surface area contributed by atoms with Gasteiger partial charge in [-0.25, -0.2) is 0 Å². The van der Waals surface area contributed by atoms with Crippen molar-refractivity contribution in [2.24, 2.45) is 0 Å². The highest BCUT2D eigenvalue weighted by Gasteiger charge is 2.07. The summed E-state index contributed by atoms with van der Waals surface area (Å²) in [5, 5.41) is 1.32. The number of rotatable bonds is 0. The van der Waals surface area contributed by atoms with Crippen LogP contribution >= 0.6 is 27.5 Å². The van der Waals surface area contributed by atoms with E-state index in [1.54, 1.807) is 12.4 Å². The average molecular weight is 232 g/mol. The topological polar surface area (TPSA) is 26.0 Å². The molecule has 0 spiro atoms. The van der Waals surface area contributed by atoms with Crippen molar-refractivity contribution in [1.82, 2.24) is 4.98 Å². The highest BCUT2D eigenvalue weighted by Crippen LogP contribution is 2.33. The molecule has 0 aromatic carbocycles. The lowest BCUT2D eigenvalue weighted by atomic mass is 10.3. The van der Waals surface area contributed by atoms with E-state index in [1.165, 1.54) is 0 Å². The molecule has 0 aliphatic heterocycles. The summed E-state index contributed by atoms with van der Waals surface area (Å²) in [6.45, 7) is 0. The van der Waals surface area contributed by atoms with Crippen LogP contribution in [-0.4, -0.2) is 4.98 Å². The summed E-state index contributed by atoms with van der Waals surface area (Å²) >= 11 is 9.01. The number of hydrogen-bond acceptors (Lipinski definition) is 2. The Kier molecular flexibility index (Phi) is 1.62. The quantitative estimate of drug-likeness (QED) is 0.697. The number of nitrogens with zero attached hydrogens (tertiary/aromatic N) is 1. The van der Waals surface area contributed by atoms with E-state index in [-0.39, 0.29) is 0 Å². The fraction of sp³-hybridized carbons (Fsp3) is 0. The molecule has 0 fully saturated rings. The molecule has 56 valence electrons. The van der Waals surface area contributed by atoms with E-state index in [1.807, 2.05) is 6.07 Å². The van der Waals surface area contributed by atoms with Crippen LogP contribution in [0.2, 0.25) is 5.22 Å². The van der Waals surface area contributed by atoms with E-state index in [9.17, 15) is 0 Å². The van der Waals surface area contributed by atoms with Crippen molar-refractivity contribution in [3.8, 4) is 0 Å². The van der Waals surface area contributed by atoms with Gasteiger partial charge >= 0.3 is 0 Å². The second-order valence-electron chi connectivity index (χ2n) is 2.06. The maximum absolute atomic E-state index is 5.71. The molecule has 0 saturated heterocycles. The first-order valence-electron chi connectivity index (χ1n) is 2.96. The van der Waals surface area contributed by atoms with Crippen LogP contribution in [-0.2, 0) is 0 Å². The largest absolute Gasteiger partial charge is 0.442 e. The third kappa shape index (κ3) is 1.04. The molecule has 0 atom stereocenters. The number of furan rings is 1. The molecule has 4 heteroatoms. The molecule has 0 unspecified atom stereocenters. The summed E-state index contributed by atoms with van der Waals surface area (Å²) in [6.07, 6.45) is 3.32. The minimum atomic E-state index is 0.369. The van der Waals surface area contributed by atoms with Gasteiger partial charge in [0, 0.05) is 11.6 Å². The lowest BCUT2D eigenvalue weighted by molar-refractivity contribution is 0.614.